The van der Waals surface area contributed by atoms with Gasteiger partial charge in [0, 0.05) is 0 Å². The molecule has 0 fully saturated rings. The Bertz CT molecular complexity index is 426. The normalized spacial score (nSPS) is 9.93. The molecule has 15 heavy (non-hydrogen) atoms. The Kier molecular flexibility index (Phi) is 2.98. The summed E-state index contributed by atoms with van der Waals surface area (Å²) in [4.78, 5) is 0. The molecule has 0 atom stereocenters. The molecule has 75 valence electrons. The van der Waals surface area contributed by atoms with E-state index in [1.54, 1.807) is 12.1 Å². The van der Waals surface area contributed by atoms with Gasteiger partial charge < -0.3 is 4.74 Å². The molecule has 1 radical (unpaired) electrons. The third-order valence-electron chi connectivity index (χ3n) is 2.08. The first-order chi connectivity index (χ1) is 7.40. The van der Waals surface area contributed by atoms with Crippen LogP contribution in [0, 0.1) is 6.07 Å². The van der Waals surface area contributed by atoms with Crippen molar-refractivity contribution < 1.29 is 9.13 Å². The Morgan fingerprint density at radius 1 is 1.13 bits per heavy atom. The Morgan fingerprint density at radius 3 is 2.80 bits per heavy atom. The van der Waals surface area contributed by atoms with Gasteiger partial charge in [0.05, 0.1) is 0 Å². The average Bonchev–Trinajstić information content (AvgIpc) is 2.31. The molecule has 2 heteroatoms. The number of hydrogen-bond donors (Lipinski definition) is 0. The quantitative estimate of drug-likeness (QED) is 0.738. The van der Waals surface area contributed by atoms with E-state index in [-0.39, 0.29) is 0 Å². The SMILES string of the molecule is FCOc1cccc(-c2[c]cccc2)c1. The van der Waals surface area contributed by atoms with E-state index in [4.69, 9.17) is 4.74 Å². The highest BCUT2D eigenvalue weighted by Gasteiger charge is 1.98. The number of rotatable bonds is 3. The molecule has 0 aliphatic heterocycles. The second-order valence-corrected chi connectivity index (χ2v) is 3.06. The van der Waals surface area contributed by atoms with Crippen molar-refractivity contribution in [1.82, 2.24) is 0 Å². The Morgan fingerprint density at radius 2 is 2.07 bits per heavy atom. The fraction of sp³-hybridized carbons (Fsp3) is 0.0769. The van der Waals surface area contributed by atoms with E-state index in [1.165, 1.54) is 0 Å². The lowest BCUT2D eigenvalue weighted by Crippen LogP contribution is -1.89. The lowest BCUT2D eigenvalue weighted by molar-refractivity contribution is 0.192. The molecular weight excluding hydrogens is 191 g/mol. The zero-order valence-electron chi connectivity index (χ0n) is 8.11. The van der Waals surface area contributed by atoms with Crippen molar-refractivity contribution in [2.75, 3.05) is 6.86 Å². The zero-order valence-corrected chi connectivity index (χ0v) is 8.11. The number of halogens is 1. The highest BCUT2D eigenvalue weighted by atomic mass is 19.1. The summed E-state index contributed by atoms with van der Waals surface area (Å²) in [5, 5.41) is 0. The minimum atomic E-state index is -0.804. The molecule has 0 aromatic heterocycles. The summed E-state index contributed by atoms with van der Waals surface area (Å²) in [6.07, 6.45) is 0. The van der Waals surface area contributed by atoms with Gasteiger partial charge >= 0.3 is 0 Å². The number of benzene rings is 2. The summed E-state index contributed by atoms with van der Waals surface area (Å²) >= 11 is 0. The maximum absolute atomic E-state index is 12.0. The van der Waals surface area contributed by atoms with Crippen LogP contribution >= 0.6 is 0 Å². The first kappa shape index (κ1) is 9.71. The molecule has 0 saturated heterocycles. The van der Waals surface area contributed by atoms with Crippen LogP contribution in [0.15, 0.2) is 48.5 Å². The van der Waals surface area contributed by atoms with E-state index in [9.17, 15) is 4.39 Å². The van der Waals surface area contributed by atoms with Gasteiger partial charge in [0.1, 0.15) is 5.75 Å². The molecule has 0 unspecified atom stereocenters. The topological polar surface area (TPSA) is 9.23 Å². The van der Waals surface area contributed by atoms with Crippen molar-refractivity contribution in [2.24, 2.45) is 0 Å². The largest absolute Gasteiger partial charge is 0.463 e. The van der Waals surface area contributed by atoms with Gasteiger partial charge in [-0.3, -0.25) is 0 Å². The Balaban J connectivity index is 2.33. The summed E-state index contributed by atoms with van der Waals surface area (Å²) in [5.41, 5.74) is 1.95. The molecule has 0 aliphatic rings. The smallest absolute Gasteiger partial charge is 0.228 e. The summed E-state index contributed by atoms with van der Waals surface area (Å²) in [6, 6.07) is 18.1. The van der Waals surface area contributed by atoms with Crippen molar-refractivity contribution in [3.05, 3.63) is 54.6 Å². The third-order valence-corrected chi connectivity index (χ3v) is 2.08. The third kappa shape index (κ3) is 2.34. The monoisotopic (exact) mass is 201 g/mol. The second kappa shape index (κ2) is 4.60. The molecule has 0 heterocycles. The fourth-order valence-corrected chi connectivity index (χ4v) is 1.39. The van der Waals surface area contributed by atoms with Crippen LogP contribution in [0.5, 0.6) is 5.75 Å². The van der Waals surface area contributed by atoms with Gasteiger partial charge in [-0.15, -0.1) is 0 Å². The maximum atomic E-state index is 12.0. The van der Waals surface area contributed by atoms with Crippen LogP contribution in [-0.4, -0.2) is 6.86 Å². The van der Waals surface area contributed by atoms with Crippen molar-refractivity contribution in [2.45, 2.75) is 0 Å². The highest BCUT2D eigenvalue weighted by Crippen LogP contribution is 2.23. The lowest BCUT2D eigenvalue weighted by Gasteiger charge is -2.04. The summed E-state index contributed by atoms with van der Waals surface area (Å²) in [6.45, 7) is -0.804. The minimum absolute atomic E-state index is 0.534. The molecule has 2 rings (SSSR count). The van der Waals surface area contributed by atoms with Crippen LogP contribution in [0.3, 0.4) is 0 Å². The van der Waals surface area contributed by atoms with Crippen LogP contribution in [0.4, 0.5) is 4.39 Å². The van der Waals surface area contributed by atoms with Crippen molar-refractivity contribution >= 4 is 0 Å². The van der Waals surface area contributed by atoms with Crippen LogP contribution in [0.1, 0.15) is 0 Å². The molecule has 0 amide bonds. The van der Waals surface area contributed by atoms with Gasteiger partial charge in [-0.1, -0.05) is 36.4 Å². The van der Waals surface area contributed by atoms with E-state index in [0.717, 1.165) is 11.1 Å². The first-order valence-electron chi connectivity index (χ1n) is 4.66. The fourth-order valence-electron chi connectivity index (χ4n) is 1.39. The summed E-state index contributed by atoms with van der Waals surface area (Å²) < 4.78 is 16.8. The number of hydrogen-bond acceptors (Lipinski definition) is 1. The second-order valence-electron chi connectivity index (χ2n) is 3.06. The molecule has 0 aliphatic carbocycles. The standard InChI is InChI=1S/C13H10FO/c14-10-15-13-8-4-7-12(9-13)11-5-2-1-3-6-11/h1-5,7-9H,10H2. The molecule has 0 spiro atoms. The van der Waals surface area contributed by atoms with Crippen LogP contribution in [0.25, 0.3) is 11.1 Å². The average molecular weight is 201 g/mol. The first-order valence-corrected chi connectivity index (χ1v) is 4.66. The molecule has 0 N–H and O–H groups in total. The van der Waals surface area contributed by atoms with E-state index in [0.29, 0.717) is 5.75 Å². The van der Waals surface area contributed by atoms with Gasteiger partial charge in [-0.2, -0.15) is 0 Å². The Labute approximate surface area is 88.1 Å². The number of alkyl halides is 1. The predicted molar refractivity (Wildman–Crippen MR) is 57.3 cm³/mol. The molecule has 1 nitrogen and oxygen atoms in total. The van der Waals surface area contributed by atoms with Crippen molar-refractivity contribution in [3.8, 4) is 16.9 Å². The molecule has 0 saturated carbocycles. The highest BCUT2D eigenvalue weighted by molar-refractivity contribution is 5.64. The van der Waals surface area contributed by atoms with Crippen molar-refractivity contribution in [1.29, 1.82) is 0 Å². The minimum Gasteiger partial charge on any atom is -0.463 e. The van der Waals surface area contributed by atoms with Crippen LogP contribution < -0.4 is 4.74 Å². The summed E-state index contributed by atoms with van der Waals surface area (Å²) in [5.74, 6) is 0.534. The van der Waals surface area contributed by atoms with E-state index in [2.05, 4.69) is 6.07 Å². The summed E-state index contributed by atoms with van der Waals surface area (Å²) in [7, 11) is 0. The molecule has 2 aromatic carbocycles. The van der Waals surface area contributed by atoms with Gasteiger partial charge in [0.15, 0.2) is 0 Å². The number of ether oxygens (including phenoxy) is 1. The zero-order chi connectivity index (χ0) is 10.5. The molecule has 2 aromatic rings. The Hall–Kier alpha value is -1.83. The van der Waals surface area contributed by atoms with Gasteiger partial charge in [-0.05, 0) is 29.3 Å². The lowest BCUT2D eigenvalue weighted by atomic mass is 10.1. The van der Waals surface area contributed by atoms with Gasteiger partial charge in [0.2, 0.25) is 6.86 Å². The van der Waals surface area contributed by atoms with Gasteiger partial charge in [-0.25, -0.2) is 4.39 Å². The predicted octanol–water partition coefficient (Wildman–Crippen LogP) is 3.46. The van der Waals surface area contributed by atoms with Crippen LogP contribution in [0.2, 0.25) is 0 Å². The van der Waals surface area contributed by atoms with E-state index >= 15 is 0 Å². The molecular formula is C13H10FO. The van der Waals surface area contributed by atoms with E-state index in [1.807, 2.05) is 36.4 Å². The van der Waals surface area contributed by atoms with Crippen molar-refractivity contribution in [3.63, 3.8) is 0 Å². The molecule has 0 bridgehead atoms. The van der Waals surface area contributed by atoms with Gasteiger partial charge in [0.25, 0.3) is 0 Å². The van der Waals surface area contributed by atoms with E-state index < -0.39 is 6.86 Å². The van der Waals surface area contributed by atoms with Crippen LogP contribution in [-0.2, 0) is 0 Å². The maximum Gasteiger partial charge on any atom is 0.228 e.